The molecule has 0 radical (unpaired) electrons. The number of carboxylic acids is 1. The van der Waals surface area contributed by atoms with E-state index in [0.29, 0.717) is 74.8 Å². The maximum absolute atomic E-state index is 12.5. The second kappa shape index (κ2) is 26.0. The van der Waals surface area contributed by atoms with Gasteiger partial charge in [-0.2, -0.15) is 25.7 Å². The van der Waals surface area contributed by atoms with Crippen LogP contribution in [0.25, 0.3) is 0 Å². The molecule has 0 atom stereocenters. The zero-order valence-electron chi connectivity index (χ0n) is 43.3. The zero-order valence-corrected chi connectivity index (χ0v) is 45.8. The standard InChI is InChI=1S/C54H70N2O15S3/c1-8-9-24-55-48(53(4,5)46-35-42(72-71-70-59)32-37(2)51(46)55)22-18-40-13-12-14-41(45(40)34-39-16-20-43(21-17-39)73(60,61)62)19-23-49-54(6,7)47-36-44(74(63,64)65)33-38(3)52(47)56(49)69-31-30-68-29-28-67-27-26-66-25-11-10-15-50(57)58/h16-23,32-33,35-36H,8-15,24-31,34H2,1-7H3,(H3-,57,58,59,60,61,62,63,64,65). The number of nitrogens with zero attached hydrogens (tertiary/aromatic N) is 2. The summed E-state index contributed by atoms with van der Waals surface area (Å²) in [5.41, 5.74) is 9.72. The maximum Gasteiger partial charge on any atom is 0.303 e. The molecule has 74 heavy (non-hydrogen) atoms. The van der Waals surface area contributed by atoms with Gasteiger partial charge in [0, 0.05) is 47.0 Å². The van der Waals surface area contributed by atoms with Crippen molar-refractivity contribution in [3.63, 3.8) is 0 Å². The van der Waals surface area contributed by atoms with Gasteiger partial charge in [0.2, 0.25) is 5.69 Å². The van der Waals surface area contributed by atoms with E-state index in [-0.39, 0.29) is 29.4 Å². The van der Waals surface area contributed by atoms with Crippen molar-refractivity contribution in [1.82, 2.24) is 0 Å². The molecule has 20 heteroatoms. The van der Waals surface area contributed by atoms with Crippen LogP contribution in [0.3, 0.4) is 0 Å². The number of anilines is 1. The molecular formula is C54H70N2O15S3. The Kier molecular flexibility index (Phi) is 20.6. The van der Waals surface area contributed by atoms with Gasteiger partial charge in [-0.15, -0.1) is 0 Å². The Labute approximate surface area is 440 Å². The topological polar surface area (TPSA) is 231 Å². The van der Waals surface area contributed by atoms with E-state index in [0.717, 1.165) is 100 Å². The van der Waals surface area contributed by atoms with Crippen molar-refractivity contribution in [3.8, 4) is 0 Å². The first-order chi connectivity index (χ1) is 35.1. The number of aliphatic carboxylic acids is 1. The fourth-order valence-corrected chi connectivity index (χ4v) is 11.4. The largest absolute Gasteiger partial charge is 0.691 e. The van der Waals surface area contributed by atoms with E-state index in [4.69, 9.17) is 28.5 Å². The third kappa shape index (κ3) is 14.7. The lowest BCUT2D eigenvalue weighted by Crippen LogP contribution is -2.28. The van der Waals surface area contributed by atoms with Crippen molar-refractivity contribution < 1.29 is 74.1 Å². The van der Waals surface area contributed by atoms with Crippen molar-refractivity contribution >= 4 is 55.3 Å². The molecule has 0 unspecified atom stereocenters. The van der Waals surface area contributed by atoms with Crippen molar-refractivity contribution in [2.24, 2.45) is 0 Å². The summed E-state index contributed by atoms with van der Waals surface area (Å²) in [7, 11) is -8.96. The number of hydrogen-bond acceptors (Lipinski definition) is 14. The van der Waals surface area contributed by atoms with Gasteiger partial charge >= 0.3 is 5.97 Å². The highest BCUT2D eigenvalue weighted by Crippen LogP contribution is 2.51. The first kappa shape index (κ1) is 58.7. The zero-order chi connectivity index (χ0) is 53.8. The minimum atomic E-state index is -4.55. The smallest absolute Gasteiger partial charge is 0.303 e. The van der Waals surface area contributed by atoms with Gasteiger partial charge in [-0.05, 0) is 142 Å². The minimum absolute atomic E-state index is 0.117. The molecule has 0 aromatic heterocycles. The van der Waals surface area contributed by atoms with E-state index in [2.05, 4.69) is 55.5 Å². The average Bonchev–Trinajstić information content (AvgIpc) is 3.69. The fraction of sp³-hybridized carbons (Fsp3) is 0.481. The lowest BCUT2D eigenvalue weighted by atomic mass is 9.79. The van der Waals surface area contributed by atoms with Crippen LogP contribution in [0.1, 0.15) is 114 Å². The number of carbonyl (C=O) groups is 1. The number of unbranched alkanes of at least 4 members (excludes halogenated alkanes) is 2. The average molecular weight is 1080 g/mol. The summed E-state index contributed by atoms with van der Waals surface area (Å²) in [6.07, 6.45) is 14.5. The van der Waals surface area contributed by atoms with E-state index in [9.17, 15) is 36.0 Å². The number of hydrogen-bond donors (Lipinski definition) is 3. The van der Waals surface area contributed by atoms with Crippen molar-refractivity contribution in [2.75, 3.05) is 57.9 Å². The predicted molar refractivity (Wildman–Crippen MR) is 279 cm³/mol. The number of fused-ring (bicyclic) bond motifs is 2. The van der Waals surface area contributed by atoms with Crippen LogP contribution in [0.5, 0.6) is 0 Å². The molecule has 6 rings (SSSR count). The van der Waals surface area contributed by atoms with E-state index >= 15 is 0 Å². The van der Waals surface area contributed by atoms with E-state index < -0.39 is 37.0 Å². The molecule has 3 N–H and O–H groups in total. The van der Waals surface area contributed by atoms with Gasteiger partial charge in [0.25, 0.3) is 20.2 Å². The van der Waals surface area contributed by atoms with Gasteiger partial charge < -0.3 is 24.6 Å². The van der Waals surface area contributed by atoms with E-state index in [1.807, 2.05) is 32.1 Å². The monoisotopic (exact) mass is 1080 g/mol. The van der Waals surface area contributed by atoms with Crippen molar-refractivity contribution in [1.29, 1.82) is 0 Å². The molecule has 0 saturated carbocycles. The predicted octanol–water partition coefficient (Wildman–Crippen LogP) is 9.33. The number of benzene rings is 3. The molecule has 0 spiro atoms. The highest BCUT2D eigenvalue weighted by Gasteiger charge is 2.46. The molecule has 3 aliphatic rings. The first-order valence-corrected chi connectivity index (χ1v) is 28.5. The lowest BCUT2D eigenvalue weighted by Gasteiger charge is -2.27. The quantitative estimate of drug-likeness (QED) is 0.0154. The van der Waals surface area contributed by atoms with Crippen LogP contribution in [-0.4, -0.2) is 100 Å². The Morgan fingerprint density at radius 2 is 1.45 bits per heavy atom. The Balaban J connectivity index is 1.33. The van der Waals surface area contributed by atoms with Gasteiger partial charge in [0.15, 0.2) is 5.71 Å². The fourth-order valence-electron chi connectivity index (χ4n) is 9.81. The van der Waals surface area contributed by atoms with Crippen LogP contribution in [-0.2, 0) is 70.7 Å². The van der Waals surface area contributed by atoms with Crippen LogP contribution >= 0.6 is 12.0 Å². The van der Waals surface area contributed by atoms with Gasteiger partial charge in [-0.3, -0.25) is 23.8 Å². The number of carboxylic acid groups (broad SMARTS) is 1. The molecule has 404 valence electrons. The highest BCUT2D eigenvalue weighted by molar-refractivity contribution is 7.94. The second-order valence-corrected chi connectivity index (χ2v) is 23.3. The molecule has 0 bridgehead atoms. The third-order valence-corrected chi connectivity index (χ3v) is 15.9. The summed E-state index contributed by atoms with van der Waals surface area (Å²) < 4.78 is 93.1. The Morgan fingerprint density at radius 3 is 2.08 bits per heavy atom. The van der Waals surface area contributed by atoms with Gasteiger partial charge in [0.1, 0.15) is 6.54 Å². The maximum atomic E-state index is 12.5. The summed E-state index contributed by atoms with van der Waals surface area (Å²) >= 11 is 0.871. The van der Waals surface area contributed by atoms with Gasteiger partial charge in [-0.25, -0.2) is 5.06 Å². The molecule has 0 saturated heterocycles. The Morgan fingerprint density at radius 1 is 0.784 bits per heavy atom. The van der Waals surface area contributed by atoms with E-state index in [1.165, 1.54) is 24.3 Å². The number of hydroxylamine groups is 1. The number of allylic oxidation sites excluding steroid dienone is 8. The summed E-state index contributed by atoms with van der Waals surface area (Å²) in [5.74, 6) is -0.823. The molecule has 2 heterocycles. The molecule has 1 aliphatic carbocycles. The summed E-state index contributed by atoms with van der Waals surface area (Å²) in [6.45, 7) is 17.3. The molecule has 2 aliphatic heterocycles. The van der Waals surface area contributed by atoms with E-state index in [1.54, 1.807) is 24.1 Å². The van der Waals surface area contributed by atoms with Crippen LogP contribution in [0.4, 0.5) is 11.4 Å². The van der Waals surface area contributed by atoms with Crippen LogP contribution in [0.2, 0.25) is 0 Å². The number of rotatable bonds is 28. The molecule has 0 fully saturated rings. The third-order valence-electron chi connectivity index (χ3n) is 13.6. The van der Waals surface area contributed by atoms with Gasteiger partial charge in [0.05, 0.1) is 78.3 Å². The lowest BCUT2D eigenvalue weighted by molar-refractivity contribution is -0.777. The normalized spacial score (nSPS) is 17.6. The number of ether oxygens (including phenoxy) is 3. The minimum Gasteiger partial charge on any atom is -0.691 e. The molecule has 3 aromatic rings. The van der Waals surface area contributed by atoms with Crippen LogP contribution in [0, 0.1) is 13.8 Å². The molecule has 0 amide bonds. The molecule has 17 nitrogen and oxygen atoms in total. The Hall–Kier alpha value is -4.55. The van der Waals surface area contributed by atoms with Gasteiger partial charge in [-0.1, -0.05) is 51.5 Å². The second-order valence-electron chi connectivity index (χ2n) is 19.7. The van der Waals surface area contributed by atoms with Crippen LogP contribution in [0.15, 0.2) is 110 Å². The first-order valence-electron chi connectivity index (χ1n) is 24.9. The highest BCUT2D eigenvalue weighted by atomic mass is 32.2. The summed E-state index contributed by atoms with van der Waals surface area (Å²) in [6, 6.07) is 13.2. The van der Waals surface area contributed by atoms with Crippen molar-refractivity contribution in [2.45, 2.75) is 132 Å². The summed E-state index contributed by atoms with van der Waals surface area (Å²) in [5, 5.41) is 24.9. The van der Waals surface area contributed by atoms with Crippen molar-refractivity contribution in [3.05, 3.63) is 123 Å². The SMILES string of the molecule is CCCC[N+]1=C(/C=C/C2=C(Cc3ccc(S(=O)(=O)O)cc3)C(=C/C=C3/N(OCCOCCOCCOCCCCC(=O)O)c4c(C)cc(S(=O)(=O)O)cc4C3(C)C)/CCC2)C(C)(C)c2cc(SOO[O-])cc(C)c21. The van der Waals surface area contributed by atoms with Crippen LogP contribution < -0.4 is 10.3 Å². The molecular weight excluding hydrogens is 1010 g/mol. The summed E-state index contributed by atoms with van der Waals surface area (Å²) in [4.78, 5) is 17.5. The Bertz CT molecular complexity index is 2890. The number of aryl methyl sites for hydroxylation is 2. The molecule has 3 aromatic carbocycles.